The summed E-state index contributed by atoms with van der Waals surface area (Å²) in [6.45, 7) is 3.02. The van der Waals surface area contributed by atoms with Gasteiger partial charge in [0.1, 0.15) is 0 Å². The summed E-state index contributed by atoms with van der Waals surface area (Å²) >= 11 is 0. The molecule has 0 rings (SSSR count). The Morgan fingerprint density at radius 3 is 1.00 bits per heavy atom. The van der Waals surface area contributed by atoms with E-state index in [0.717, 1.165) is 0 Å². The maximum absolute atomic E-state index is 11.2. The number of aliphatic carboxylic acids is 4. The van der Waals surface area contributed by atoms with Crippen LogP contribution in [0.4, 0.5) is 0 Å². The molecule has 9 heteroatoms. The maximum Gasteiger partial charge on any atom is 0.332 e. The first-order valence-corrected chi connectivity index (χ1v) is 7.04. The molecule has 0 aromatic carbocycles. The van der Waals surface area contributed by atoms with Crippen molar-refractivity contribution in [2.45, 2.75) is 46.0 Å². The van der Waals surface area contributed by atoms with Crippen molar-refractivity contribution >= 4 is 36.3 Å². The second kappa shape index (κ2) is 11.2. The van der Waals surface area contributed by atoms with Crippen LogP contribution in [0.2, 0.25) is 0 Å². The molecule has 0 bridgehead atoms. The van der Waals surface area contributed by atoms with Crippen LogP contribution in [-0.4, -0.2) is 44.3 Å². The van der Waals surface area contributed by atoms with Crippen LogP contribution >= 0.6 is 12.4 Å². The Balaban J connectivity index is 0. The molecule has 8 nitrogen and oxygen atoms in total. The minimum Gasteiger partial charge on any atom is -0.478 e. The fourth-order valence-electron chi connectivity index (χ4n) is 2.20. The summed E-state index contributed by atoms with van der Waals surface area (Å²) in [4.78, 5) is 44.4. The van der Waals surface area contributed by atoms with E-state index < -0.39 is 23.9 Å². The van der Waals surface area contributed by atoms with E-state index in [1.165, 1.54) is 13.8 Å². The van der Waals surface area contributed by atoms with Gasteiger partial charge in [-0.1, -0.05) is 13.8 Å². The van der Waals surface area contributed by atoms with Crippen LogP contribution in [0.1, 0.15) is 46.0 Å². The highest BCUT2D eigenvalue weighted by Gasteiger charge is 2.21. The Morgan fingerprint density at radius 1 is 0.583 bits per heavy atom. The molecule has 0 saturated heterocycles. The Bertz CT molecular complexity index is 524. The van der Waals surface area contributed by atoms with Gasteiger partial charge < -0.3 is 20.4 Å². The highest BCUT2D eigenvalue weighted by Crippen LogP contribution is 2.21. The predicted octanol–water partition coefficient (Wildman–Crippen LogP) is 2.33. The molecule has 0 saturated carbocycles. The molecule has 0 fully saturated rings. The molecule has 0 aromatic rings. The van der Waals surface area contributed by atoms with Gasteiger partial charge in [0, 0.05) is 22.3 Å². The average Bonchev–Trinajstić information content (AvgIpc) is 2.43. The molecule has 4 N–H and O–H groups in total. The smallest absolute Gasteiger partial charge is 0.332 e. The molecule has 0 aromatic heterocycles. The van der Waals surface area contributed by atoms with E-state index >= 15 is 0 Å². The Morgan fingerprint density at radius 2 is 0.833 bits per heavy atom. The first-order chi connectivity index (χ1) is 10.7. The van der Waals surface area contributed by atoms with Crippen LogP contribution in [0, 0.1) is 0 Å². The van der Waals surface area contributed by atoms with Gasteiger partial charge >= 0.3 is 23.9 Å². The molecule has 0 unspecified atom stereocenters. The van der Waals surface area contributed by atoms with E-state index in [-0.39, 0.29) is 66.8 Å². The summed E-state index contributed by atoms with van der Waals surface area (Å²) < 4.78 is 0. The fraction of sp³-hybridized carbons (Fsp3) is 0.467. The predicted molar refractivity (Wildman–Crippen MR) is 86.3 cm³/mol. The van der Waals surface area contributed by atoms with Crippen molar-refractivity contribution < 1.29 is 39.6 Å². The van der Waals surface area contributed by atoms with Crippen LogP contribution in [0.25, 0.3) is 0 Å². The van der Waals surface area contributed by atoms with Crippen LogP contribution in [0.15, 0.2) is 22.3 Å². The highest BCUT2D eigenvalue weighted by atomic mass is 35.5. The van der Waals surface area contributed by atoms with Crippen molar-refractivity contribution in [1.29, 1.82) is 0 Å². The SMILES string of the molecule is CCC(C(=O)O)=C(CCCC(C(=O)O)=C(CC)C(=O)O)C(=O)O.Cl. The van der Waals surface area contributed by atoms with Gasteiger partial charge in [0.25, 0.3) is 0 Å². The quantitative estimate of drug-likeness (QED) is 0.431. The van der Waals surface area contributed by atoms with Crippen molar-refractivity contribution in [3.63, 3.8) is 0 Å². The third kappa shape index (κ3) is 6.82. The number of hydrogen-bond acceptors (Lipinski definition) is 4. The van der Waals surface area contributed by atoms with E-state index in [2.05, 4.69) is 0 Å². The van der Waals surface area contributed by atoms with Crippen molar-refractivity contribution in [2.75, 3.05) is 0 Å². The maximum atomic E-state index is 11.2. The molecule has 0 amide bonds. The van der Waals surface area contributed by atoms with E-state index in [9.17, 15) is 19.2 Å². The molecular formula is C15H21ClO8. The lowest BCUT2D eigenvalue weighted by Crippen LogP contribution is -2.13. The molecule has 0 aliphatic carbocycles. The van der Waals surface area contributed by atoms with Crippen molar-refractivity contribution in [3.8, 4) is 0 Å². The Hall–Kier alpha value is -2.35. The van der Waals surface area contributed by atoms with Crippen molar-refractivity contribution in [3.05, 3.63) is 22.3 Å². The molecule has 0 aliphatic heterocycles. The van der Waals surface area contributed by atoms with Gasteiger partial charge in [-0.3, -0.25) is 0 Å². The van der Waals surface area contributed by atoms with Gasteiger partial charge in [0.15, 0.2) is 0 Å². The number of halogens is 1. The largest absolute Gasteiger partial charge is 0.478 e. The molecule has 0 spiro atoms. The molecule has 0 heterocycles. The van der Waals surface area contributed by atoms with Gasteiger partial charge in [0.05, 0.1) is 0 Å². The van der Waals surface area contributed by atoms with Crippen LogP contribution in [0.5, 0.6) is 0 Å². The van der Waals surface area contributed by atoms with E-state index in [1.807, 2.05) is 0 Å². The van der Waals surface area contributed by atoms with Crippen molar-refractivity contribution in [1.82, 2.24) is 0 Å². The number of carboxylic acid groups (broad SMARTS) is 4. The van der Waals surface area contributed by atoms with Gasteiger partial charge in [0.2, 0.25) is 0 Å². The first kappa shape index (κ1) is 23.9. The number of carbonyl (C=O) groups is 4. The number of hydrogen-bond donors (Lipinski definition) is 4. The van der Waals surface area contributed by atoms with Gasteiger partial charge in [-0.2, -0.15) is 0 Å². The average molecular weight is 365 g/mol. The third-order valence-electron chi connectivity index (χ3n) is 3.32. The molecule has 136 valence electrons. The van der Waals surface area contributed by atoms with Gasteiger partial charge in [-0.15, -0.1) is 12.4 Å². The zero-order valence-electron chi connectivity index (χ0n) is 13.4. The first-order valence-electron chi connectivity index (χ1n) is 7.04. The van der Waals surface area contributed by atoms with E-state index in [1.54, 1.807) is 0 Å². The second-order valence-corrected chi connectivity index (χ2v) is 4.70. The lowest BCUT2D eigenvalue weighted by molar-refractivity contribution is -0.136. The summed E-state index contributed by atoms with van der Waals surface area (Å²) in [5.41, 5.74) is -1.07. The molecule has 0 atom stereocenters. The molecule has 0 radical (unpaired) electrons. The monoisotopic (exact) mass is 364 g/mol. The van der Waals surface area contributed by atoms with Crippen LogP contribution in [-0.2, 0) is 19.2 Å². The van der Waals surface area contributed by atoms with Crippen molar-refractivity contribution in [2.24, 2.45) is 0 Å². The minimum atomic E-state index is -1.38. The normalized spacial score (nSPS) is 12.4. The summed E-state index contributed by atoms with van der Waals surface area (Å²) in [5.74, 6) is -5.42. The van der Waals surface area contributed by atoms with Crippen LogP contribution < -0.4 is 0 Å². The summed E-state index contributed by atoms with van der Waals surface area (Å²) in [6, 6.07) is 0. The summed E-state index contributed by atoms with van der Waals surface area (Å²) in [6.07, 6.45) is -0.241. The number of rotatable bonds is 10. The molecular weight excluding hydrogens is 344 g/mol. The van der Waals surface area contributed by atoms with E-state index in [4.69, 9.17) is 20.4 Å². The second-order valence-electron chi connectivity index (χ2n) is 4.70. The fourth-order valence-corrected chi connectivity index (χ4v) is 2.20. The zero-order valence-corrected chi connectivity index (χ0v) is 14.2. The standard InChI is InChI=1S/C15H20O8.ClH/c1-3-8(12(16)17)10(14(20)21)6-5-7-11(15(22)23)9(4-2)13(18)19;/h3-7H2,1-2H3,(H,16,17)(H,18,19)(H,20,21)(H,22,23);1H. The summed E-state index contributed by atoms with van der Waals surface area (Å²) in [5, 5.41) is 36.2. The van der Waals surface area contributed by atoms with E-state index in [0.29, 0.717) is 0 Å². The Labute approximate surface area is 144 Å². The Kier molecular flexibility index (Phi) is 11.2. The summed E-state index contributed by atoms with van der Waals surface area (Å²) in [7, 11) is 0. The third-order valence-corrected chi connectivity index (χ3v) is 3.32. The lowest BCUT2D eigenvalue weighted by Gasteiger charge is -2.09. The zero-order chi connectivity index (χ0) is 18.2. The topological polar surface area (TPSA) is 149 Å². The lowest BCUT2D eigenvalue weighted by atomic mass is 9.96. The molecule has 0 aliphatic rings. The van der Waals surface area contributed by atoms with Gasteiger partial charge in [-0.25, -0.2) is 19.2 Å². The number of carboxylic acids is 4. The van der Waals surface area contributed by atoms with Gasteiger partial charge in [-0.05, 0) is 32.1 Å². The van der Waals surface area contributed by atoms with Crippen LogP contribution in [0.3, 0.4) is 0 Å². The minimum absolute atomic E-state index is 0. The highest BCUT2D eigenvalue weighted by molar-refractivity contribution is 5.99. The molecule has 24 heavy (non-hydrogen) atoms.